The Bertz CT molecular complexity index is 369. The van der Waals surface area contributed by atoms with Crippen molar-refractivity contribution < 1.29 is 0 Å². The maximum atomic E-state index is 3.57. The van der Waals surface area contributed by atoms with Crippen LogP contribution in [-0.2, 0) is 0 Å². The lowest BCUT2D eigenvalue weighted by Crippen LogP contribution is -2.36. The zero-order valence-electron chi connectivity index (χ0n) is 10.3. The number of hydrogen-bond acceptors (Lipinski definition) is 1. The van der Waals surface area contributed by atoms with E-state index in [0.717, 1.165) is 16.9 Å². The second-order valence-corrected chi connectivity index (χ2v) is 5.69. The summed E-state index contributed by atoms with van der Waals surface area (Å²) in [6.45, 7) is 3.46. The van der Waals surface area contributed by atoms with Gasteiger partial charge in [0.1, 0.15) is 0 Å². The topological polar surface area (TPSA) is 12.0 Å². The fourth-order valence-corrected chi connectivity index (χ4v) is 2.62. The molecule has 92 valence electrons. The van der Waals surface area contributed by atoms with Gasteiger partial charge in [-0.05, 0) is 43.0 Å². The largest absolute Gasteiger partial charge is 0.310 e. The SMILES string of the molecule is CCC1CCNC(/C=C/c2ccc(Br)cc2)C1. The molecule has 2 unspecified atom stereocenters. The Morgan fingerprint density at radius 1 is 1.35 bits per heavy atom. The molecule has 0 saturated carbocycles. The van der Waals surface area contributed by atoms with Crippen LogP contribution in [0.1, 0.15) is 31.7 Å². The van der Waals surface area contributed by atoms with E-state index in [-0.39, 0.29) is 0 Å². The van der Waals surface area contributed by atoms with Crippen molar-refractivity contribution in [3.05, 3.63) is 40.4 Å². The minimum atomic E-state index is 0.553. The van der Waals surface area contributed by atoms with Gasteiger partial charge in [0.25, 0.3) is 0 Å². The Balaban J connectivity index is 1.93. The Labute approximate surface area is 112 Å². The standard InChI is InChI=1S/C15H20BrN/c1-2-12-9-10-17-15(11-12)8-5-13-3-6-14(16)7-4-13/h3-8,12,15,17H,2,9-11H2,1H3/b8-5+. The molecule has 0 bridgehead atoms. The third kappa shape index (κ3) is 3.97. The first-order valence-corrected chi connectivity index (χ1v) is 7.24. The van der Waals surface area contributed by atoms with Gasteiger partial charge in [-0.15, -0.1) is 0 Å². The molecule has 2 rings (SSSR count). The molecule has 0 radical (unpaired) electrons. The molecule has 1 aliphatic rings. The van der Waals surface area contributed by atoms with Crippen LogP contribution in [0.3, 0.4) is 0 Å². The highest BCUT2D eigenvalue weighted by molar-refractivity contribution is 9.10. The lowest BCUT2D eigenvalue weighted by atomic mass is 9.90. The summed E-state index contributed by atoms with van der Waals surface area (Å²) in [5, 5.41) is 3.57. The van der Waals surface area contributed by atoms with E-state index < -0.39 is 0 Å². The summed E-state index contributed by atoms with van der Waals surface area (Å²) in [7, 11) is 0. The molecule has 1 aromatic rings. The monoisotopic (exact) mass is 293 g/mol. The van der Waals surface area contributed by atoms with Crippen molar-refractivity contribution in [1.82, 2.24) is 5.32 Å². The van der Waals surface area contributed by atoms with E-state index in [1.165, 1.54) is 24.8 Å². The molecule has 1 nitrogen and oxygen atoms in total. The highest BCUT2D eigenvalue weighted by Crippen LogP contribution is 2.20. The molecule has 1 aromatic carbocycles. The average Bonchev–Trinajstić information content (AvgIpc) is 2.38. The first-order chi connectivity index (χ1) is 8.28. The lowest BCUT2D eigenvalue weighted by molar-refractivity contribution is 0.326. The predicted molar refractivity (Wildman–Crippen MR) is 78.0 cm³/mol. The molecule has 0 spiro atoms. The van der Waals surface area contributed by atoms with Gasteiger partial charge >= 0.3 is 0 Å². The maximum Gasteiger partial charge on any atom is 0.0255 e. The highest BCUT2D eigenvalue weighted by atomic mass is 79.9. The molecule has 0 aromatic heterocycles. The summed E-state index contributed by atoms with van der Waals surface area (Å²) in [5.74, 6) is 0.899. The van der Waals surface area contributed by atoms with Crippen molar-refractivity contribution in [2.45, 2.75) is 32.2 Å². The summed E-state index contributed by atoms with van der Waals surface area (Å²) in [6.07, 6.45) is 8.46. The smallest absolute Gasteiger partial charge is 0.0255 e. The fourth-order valence-electron chi connectivity index (χ4n) is 2.35. The normalized spacial score (nSPS) is 25.3. The molecule has 17 heavy (non-hydrogen) atoms. The van der Waals surface area contributed by atoms with Gasteiger partial charge in [-0.3, -0.25) is 0 Å². The second kappa shape index (κ2) is 6.36. The van der Waals surface area contributed by atoms with Crippen LogP contribution in [0.4, 0.5) is 0 Å². The molecular weight excluding hydrogens is 274 g/mol. The number of nitrogens with one attached hydrogen (secondary N) is 1. The highest BCUT2D eigenvalue weighted by Gasteiger charge is 2.17. The molecule has 2 atom stereocenters. The molecule has 1 fully saturated rings. The third-order valence-electron chi connectivity index (χ3n) is 3.51. The van der Waals surface area contributed by atoms with E-state index in [1.54, 1.807) is 0 Å². The fraction of sp³-hybridized carbons (Fsp3) is 0.467. The first-order valence-electron chi connectivity index (χ1n) is 6.45. The van der Waals surface area contributed by atoms with Crippen LogP contribution >= 0.6 is 15.9 Å². The quantitative estimate of drug-likeness (QED) is 0.879. The van der Waals surface area contributed by atoms with Crippen LogP contribution in [0, 0.1) is 5.92 Å². The molecular formula is C15H20BrN. The van der Waals surface area contributed by atoms with Crippen LogP contribution in [0.2, 0.25) is 0 Å². The molecule has 1 heterocycles. The summed E-state index contributed by atoms with van der Waals surface area (Å²) in [4.78, 5) is 0. The van der Waals surface area contributed by atoms with Gasteiger partial charge in [0.2, 0.25) is 0 Å². The van der Waals surface area contributed by atoms with E-state index in [2.05, 4.69) is 64.6 Å². The van der Waals surface area contributed by atoms with E-state index in [4.69, 9.17) is 0 Å². The number of rotatable bonds is 3. The number of halogens is 1. The molecule has 1 N–H and O–H groups in total. The average molecular weight is 294 g/mol. The van der Waals surface area contributed by atoms with Crippen LogP contribution in [0.25, 0.3) is 6.08 Å². The molecule has 2 heteroatoms. The molecule has 1 saturated heterocycles. The maximum absolute atomic E-state index is 3.57. The van der Waals surface area contributed by atoms with E-state index >= 15 is 0 Å². The van der Waals surface area contributed by atoms with Gasteiger partial charge in [-0.1, -0.05) is 53.6 Å². The molecule has 0 aliphatic carbocycles. The second-order valence-electron chi connectivity index (χ2n) is 4.77. The summed E-state index contributed by atoms with van der Waals surface area (Å²) in [6, 6.07) is 9.00. The Morgan fingerprint density at radius 2 is 2.12 bits per heavy atom. The van der Waals surface area contributed by atoms with Crippen LogP contribution in [0.5, 0.6) is 0 Å². The van der Waals surface area contributed by atoms with E-state index in [9.17, 15) is 0 Å². The van der Waals surface area contributed by atoms with Crippen LogP contribution in [-0.4, -0.2) is 12.6 Å². The van der Waals surface area contributed by atoms with Gasteiger partial charge in [0.15, 0.2) is 0 Å². The Morgan fingerprint density at radius 3 is 2.82 bits per heavy atom. The van der Waals surface area contributed by atoms with Crippen molar-refractivity contribution in [3.63, 3.8) is 0 Å². The van der Waals surface area contributed by atoms with Crippen molar-refractivity contribution >= 4 is 22.0 Å². The zero-order chi connectivity index (χ0) is 12.1. The van der Waals surface area contributed by atoms with Crippen molar-refractivity contribution in [2.75, 3.05) is 6.54 Å². The predicted octanol–water partition coefficient (Wildman–Crippen LogP) is 4.24. The minimum absolute atomic E-state index is 0.553. The third-order valence-corrected chi connectivity index (χ3v) is 4.04. The molecule has 1 aliphatic heterocycles. The van der Waals surface area contributed by atoms with Crippen LogP contribution in [0.15, 0.2) is 34.8 Å². The summed E-state index contributed by atoms with van der Waals surface area (Å²) in [5.41, 5.74) is 1.27. The summed E-state index contributed by atoms with van der Waals surface area (Å²) >= 11 is 3.45. The van der Waals surface area contributed by atoms with E-state index in [0.29, 0.717) is 6.04 Å². The van der Waals surface area contributed by atoms with E-state index in [1.807, 2.05) is 0 Å². The van der Waals surface area contributed by atoms with Gasteiger partial charge in [-0.25, -0.2) is 0 Å². The Hall–Kier alpha value is -0.600. The number of benzene rings is 1. The number of piperidine rings is 1. The lowest BCUT2D eigenvalue weighted by Gasteiger charge is -2.27. The minimum Gasteiger partial charge on any atom is -0.310 e. The van der Waals surface area contributed by atoms with Crippen molar-refractivity contribution in [1.29, 1.82) is 0 Å². The van der Waals surface area contributed by atoms with Crippen LogP contribution < -0.4 is 5.32 Å². The zero-order valence-corrected chi connectivity index (χ0v) is 11.9. The van der Waals surface area contributed by atoms with Gasteiger partial charge in [-0.2, -0.15) is 0 Å². The van der Waals surface area contributed by atoms with Gasteiger partial charge < -0.3 is 5.32 Å². The van der Waals surface area contributed by atoms with Crippen molar-refractivity contribution in [3.8, 4) is 0 Å². The number of hydrogen-bond donors (Lipinski definition) is 1. The summed E-state index contributed by atoms with van der Waals surface area (Å²) < 4.78 is 1.14. The first kappa shape index (κ1) is 12.8. The van der Waals surface area contributed by atoms with Crippen molar-refractivity contribution in [2.24, 2.45) is 5.92 Å². The van der Waals surface area contributed by atoms with Gasteiger partial charge in [0.05, 0.1) is 0 Å². The molecule has 0 amide bonds. The Kier molecular flexibility index (Phi) is 4.81. The van der Waals surface area contributed by atoms with Gasteiger partial charge in [0, 0.05) is 10.5 Å².